The number of hydrogen-bond acceptors (Lipinski definition) is 2. The van der Waals surface area contributed by atoms with Crippen molar-refractivity contribution in [1.29, 1.82) is 0 Å². The summed E-state index contributed by atoms with van der Waals surface area (Å²) in [5.74, 6) is 0.258. The Bertz CT molecular complexity index is 544. The highest BCUT2D eigenvalue weighted by Crippen LogP contribution is 2.23. The number of piperidine rings is 1. The van der Waals surface area contributed by atoms with Crippen molar-refractivity contribution < 1.29 is 9.59 Å². The van der Waals surface area contributed by atoms with Crippen molar-refractivity contribution in [2.24, 2.45) is 5.92 Å². The molecule has 4 heteroatoms. The third-order valence-electron chi connectivity index (χ3n) is 4.31. The number of carbonyl (C=O) groups excluding carboxylic acids is 2. The van der Waals surface area contributed by atoms with E-state index in [0.717, 1.165) is 24.0 Å². The van der Waals surface area contributed by atoms with Gasteiger partial charge in [0.25, 0.3) is 0 Å². The lowest BCUT2D eigenvalue weighted by Crippen LogP contribution is -2.44. The summed E-state index contributed by atoms with van der Waals surface area (Å²) in [6.07, 6.45) is 1.51. The lowest BCUT2D eigenvalue weighted by atomic mass is 9.88. The summed E-state index contributed by atoms with van der Waals surface area (Å²) in [6.45, 7) is 5.41. The zero-order chi connectivity index (χ0) is 15.6. The maximum absolute atomic E-state index is 12.6. The van der Waals surface area contributed by atoms with Gasteiger partial charge in [-0.25, -0.2) is 4.79 Å². The fraction of sp³-hybridized carbons (Fsp3) is 0.529. The predicted molar refractivity (Wildman–Crippen MR) is 83.6 cm³/mol. The number of rotatable bonds is 2. The van der Waals surface area contributed by atoms with E-state index in [2.05, 4.69) is 6.92 Å². The molecule has 0 spiro atoms. The van der Waals surface area contributed by atoms with Crippen molar-refractivity contribution in [3.8, 4) is 0 Å². The number of aryl methyl sites for hydroxylation is 2. The summed E-state index contributed by atoms with van der Waals surface area (Å²) in [6, 6.07) is 5.94. The molecule has 1 heterocycles. The number of ketones is 1. The van der Waals surface area contributed by atoms with Crippen LogP contribution < -0.4 is 0 Å². The van der Waals surface area contributed by atoms with Crippen LogP contribution in [0.3, 0.4) is 0 Å². The average Bonchev–Trinajstić information content (AvgIpc) is 2.48. The highest BCUT2D eigenvalue weighted by molar-refractivity contribution is 5.98. The van der Waals surface area contributed by atoms with Crippen LogP contribution in [0.4, 0.5) is 4.79 Å². The van der Waals surface area contributed by atoms with Gasteiger partial charge in [0, 0.05) is 38.7 Å². The molecule has 0 aromatic heterocycles. The van der Waals surface area contributed by atoms with Crippen LogP contribution >= 0.6 is 0 Å². The molecule has 1 saturated heterocycles. The summed E-state index contributed by atoms with van der Waals surface area (Å²) >= 11 is 0. The van der Waals surface area contributed by atoms with Gasteiger partial charge in [0.2, 0.25) is 0 Å². The van der Waals surface area contributed by atoms with Crippen LogP contribution in [0.15, 0.2) is 18.2 Å². The third-order valence-corrected chi connectivity index (χ3v) is 4.31. The summed E-state index contributed by atoms with van der Waals surface area (Å²) in [5, 5.41) is 0. The predicted octanol–water partition coefficient (Wildman–Crippen LogP) is 2.88. The van der Waals surface area contributed by atoms with Crippen molar-refractivity contribution in [2.45, 2.75) is 26.7 Å². The topological polar surface area (TPSA) is 40.6 Å². The Morgan fingerprint density at radius 1 is 1.10 bits per heavy atom. The van der Waals surface area contributed by atoms with Gasteiger partial charge in [0.1, 0.15) is 0 Å². The Hall–Kier alpha value is -1.84. The first-order valence-corrected chi connectivity index (χ1v) is 7.48. The molecule has 0 N–H and O–H groups in total. The van der Waals surface area contributed by atoms with Gasteiger partial charge in [-0.1, -0.05) is 12.1 Å². The first-order chi connectivity index (χ1) is 9.90. The molecule has 0 unspecified atom stereocenters. The molecule has 1 aliphatic heterocycles. The Kier molecular flexibility index (Phi) is 4.66. The Morgan fingerprint density at radius 2 is 1.71 bits per heavy atom. The largest absolute Gasteiger partial charge is 0.331 e. The van der Waals surface area contributed by atoms with E-state index in [1.165, 1.54) is 5.56 Å². The molecule has 21 heavy (non-hydrogen) atoms. The maximum atomic E-state index is 12.6. The van der Waals surface area contributed by atoms with Crippen LogP contribution in [0.2, 0.25) is 0 Å². The number of amides is 2. The number of hydrogen-bond donors (Lipinski definition) is 0. The minimum atomic E-state index is 0.0343. The number of nitrogens with zero attached hydrogens (tertiary/aromatic N) is 2. The van der Waals surface area contributed by atoms with Crippen LogP contribution in [-0.2, 0) is 0 Å². The molecule has 0 bridgehead atoms. The van der Waals surface area contributed by atoms with Gasteiger partial charge in [0.15, 0.2) is 5.78 Å². The highest BCUT2D eigenvalue weighted by Gasteiger charge is 2.28. The zero-order valence-electron chi connectivity index (χ0n) is 13.3. The summed E-state index contributed by atoms with van der Waals surface area (Å²) < 4.78 is 0. The normalized spacial score (nSPS) is 15.9. The second kappa shape index (κ2) is 6.29. The fourth-order valence-corrected chi connectivity index (χ4v) is 2.75. The molecular formula is C17H24N2O2. The van der Waals surface area contributed by atoms with E-state index in [4.69, 9.17) is 0 Å². The second-order valence-corrected chi connectivity index (χ2v) is 6.10. The number of Topliss-reactive ketones (excluding diaryl/α,β-unsaturated/α-hetero) is 1. The number of benzene rings is 1. The number of likely N-dealkylation sites (tertiary alicyclic amines) is 1. The Balaban J connectivity index is 2.00. The second-order valence-electron chi connectivity index (χ2n) is 6.10. The Morgan fingerprint density at radius 3 is 2.24 bits per heavy atom. The van der Waals surface area contributed by atoms with E-state index in [9.17, 15) is 9.59 Å². The lowest BCUT2D eigenvalue weighted by Gasteiger charge is -2.33. The van der Waals surface area contributed by atoms with E-state index in [0.29, 0.717) is 13.1 Å². The fourth-order valence-electron chi connectivity index (χ4n) is 2.75. The van der Waals surface area contributed by atoms with E-state index in [-0.39, 0.29) is 17.7 Å². The molecule has 2 amide bonds. The van der Waals surface area contributed by atoms with Gasteiger partial charge in [-0.05, 0) is 43.9 Å². The maximum Gasteiger partial charge on any atom is 0.319 e. The van der Waals surface area contributed by atoms with Gasteiger partial charge in [-0.3, -0.25) is 4.79 Å². The molecule has 1 fully saturated rings. The quantitative estimate of drug-likeness (QED) is 0.785. The molecule has 0 saturated carbocycles. The van der Waals surface area contributed by atoms with Gasteiger partial charge < -0.3 is 9.80 Å². The third kappa shape index (κ3) is 3.43. The first-order valence-electron chi connectivity index (χ1n) is 7.48. The minimum absolute atomic E-state index is 0.0343. The molecule has 1 aliphatic rings. The summed E-state index contributed by atoms with van der Waals surface area (Å²) in [7, 11) is 3.52. The zero-order valence-corrected chi connectivity index (χ0v) is 13.3. The smallest absolute Gasteiger partial charge is 0.319 e. The molecule has 0 radical (unpaired) electrons. The van der Waals surface area contributed by atoms with E-state index < -0.39 is 0 Å². The molecule has 2 rings (SSSR count). The van der Waals surface area contributed by atoms with Crippen LogP contribution in [-0.4, -0.2) is 48.8 Å². The number of urea groups is 1. The molecule has 114 valence electrons. The van der Waals surface area contributed by atoms with Gasteiger partial charge in [0.05, 0.1) is 0 Å². The average molecular weight is 288 g/mol. The standard InChI is InChI=1S/C17H24N2O2/c1-12-5-6-15(11-13(12)2)16(20)14-7-9-19(10-8-14)17(21)18(3)4/h5-6,11,14H,7-10H2,1-4H3. The molecule has 0 atom stereocenters. The molecule has 0 aliphatic carbocycles. The van der Waals surface area contributed by atoms with Crippen molar-refractivity contribution in [1.82, 2.24) is 9.80 Å². The molecule has 1 aromatic carbocycles. The first kappa shape index (κ1) is 15.5. The van der Waals surface area contributed by atoms with Crippen molar-refractivity contribution in [3.05, 3.63) is 34.9 Å². The van der Waals surface area contributed by atoms with Gasteiger partial charge in [-0.2, -0.15) is 0 Å². The van der Waals surface area contributed by atoms with E-state index in [1.54, 1.807) is 19.0 Å². The van der Waals surface area contributed by atoms with Crippen LogP contribution in [0.25, 0.3) is 0 Å². The van der Waals surface area contributed by atoms with Crippen LogP contribution in [0, 0.1) is 19.8 Å². The summed E-state index contributed by atoms with van der Waals surface area (Å²) in [5.41, 5.74) is 3.16. The molecule has 1 aromatic rings. The van der Waals surface area contributed by atoms with E-state index in [1.807, 2.05) is 30.0 Å². The lowest BCUT2D eigenvalue weighted by molar-refractivity contribution is 0.0843. The number of carbonyl (C=O) groups is 2. The Labute approximate surface area is 126 Å². The van der Waals surface area contributed by atoms with E-state index >= 15 is 0 Å². The van der Waals surface area contributed by atoms with Crippen molar-refractivity contribution in [3.63, 3.8) is 0 Å². The van der Waals surface area contributed by atoms with Crippen molar-refractivity contribution >= 4 is 11.8 Å². The monoisotopic (exact) mass is 288 g/mol. The van der Waals surface area contributed by atoms with Crippen LogP contribution in [0.5, 0.6) is 0 Å². The van der Waals surface area contributed by atoms with Gasteiger partial charge >= 0.3 is 6.03 Å². The molecule has 4 nitrogen and oxygen atoms in total. The van der Waals surface area contributed by atoms with Gasteiger partial charge in [-0.15, -0.1) is 0 Å². The summed E-state index contributed by atoms with van der Waals surface area (Å²) in [4.78, 5) is 27.9. The molecular weight excluding hydrogens is 264 g/mol. The van der Waals surface area contributed by atoms with Crippen LogP contribution in [0.1, 0.15) is 34.3 Å². The minimum Gasteiger partial charge on any atom is -0.331 e. The highest BCUT2D eigenvalue weighted by atomic mass is 16.2. The van der Waals surface area contributed by atoms with Crippen molar-refractivity contribution in [2.75, 3.05) is 27.2 Å². The SMILES string of the molecule is Cc1ccc(C(=O)C2CCN(C(=O)N(C)C)CC2)cc1C.